The SMILES string of the molecule is Cc1cccc(NC(=O)NC(CC(=O)O)CC(C)(C)C)c1. The summed E-state index contributed by atoms with van der Waals surface area (Å²) in [7, 11) is 0. The number of nitrogens with one attached hydrogen (secondary N) is 2. The summed E-state index contributed by atoms with van der Waals surface area (Å²) >= 11 is 0. The van der Waals surface area contributed by atoms with Crippen molar-refractivity contribution < 1.29 is 14.7 Å². The predicted octanol–water partition coefficient (Wildman–Crippen LogP) is 3.40. The van der Waals surface area contributed by atoms with Gasteiger partial charge in [-0.05, 0) is 36.5 Å². The van der Waals surface area contributed by atoms with E-state index in [0.29, 0.717) is 12.1 Å². The van der Waals surface area contributed by atoms with Crippen LogP contribution in [0.4, 0.5) is 10.5 Å². The van der Waals surface area contributed by atoms with Gasteiger partial charge >= 0.3 is 12.0 Å². The molecule has 0 aliphatic carbocycles. The Bertz CT molecular complexity index is 506. The van der Waals surface area contributed by atoms with Crippen molar-refractivity contribution in [3.63, 3.8) is 0 Å². The average Bonchev–Trinajstić information content (AvgIpc) is 2.24. The van der Waals surface area contributed by atoms with Gasteiger partial charge in [-0.25, -0.2) is 4.79 Å². The summed E-state index contributed by atoms with van der Waals surface area (Å²) in [5.74, 6) is -0.917. The molecule has 1 aromatic carbocycles. The van der Waals surface area contributed by atoms with Crippen LogP contribution >= 0.6 is 0 Å². The van der Waals surface area contributed by atoms with Crippen LogP contribution in [0, 0.1) is 12.3 Å². The van der Waals surface area contributed by atoms with Gasteiger partial charge in [0.05, 0.1) is 6.42 Å². The molecule has 0 saturated heterocycles. The van der Waals surface area contributed by atoms with Gasteiger partial charge in [0.15, 0.2) is 0 Å². The number of aliphatic carboxylic acids is 1. The summed E-state index contributed by atoms with van der Waals surface area (Å²) < 4.78 is 0. The number of aryl methyl sites for hydroxylation is 1. The molecule has 0 aliphatic rings. The van der Waals surface area contributed by atoms with E-state index >= 15 is 0 Å². The number of rotatable bonds is 5. The Morgan fingerprint density at radius 1 is 1.29 bits per heavy atom. The number of hydrogen-bond acceptors (Lipinski definition) is 2. The van der Waals surface area contributed by atoms with Crippen LogP contribution in [0.1, 0.15) is 39.2 Å². The Balaban J connectivity index is 2.65. The van der Waals surface area contributed by atoms with Gasteiger partial charge in [-0.3, -0.25) is 4.79 Å². The minimum Gasteiger partial charge on any atom is -0.481 e. The van der Waals surface area contributed by atoms with E-state index in [4.69, 9.17) is 5.11 Å². The van der Waals surface area contributed by atoms with Gasteiger partial charge in [-0.2, -0.15) is 0 Å². The Kier molecular flexibility index (Phi) is 5.76. The Hall–Kier alpha value is -2.04. The van der Waals surface area contributed by atoms with Crippen molar-refractivity contribution >= 4 is 17.7 Å². The summed E-state index contributed by atoms with van der Waals surface area (Å²) in [6.45, 7) is 7.99. The molecule has 0 radical (unpaired) electrons. The maximum Gasteiger partial charge on any atom is 0.319 e. The number of carboxylic acid groups (broad SMARTS) is 1. The number of carbonyl (C=O) groups is 2. The number of anilines is 1. The zero-order chi connectivity index (χ0) is 16.0. The lowest BCUT2D eigenvalue weighted by Crippen LogP contribution is -2.41. The molecule has 0 aliphatic heterocycles. The smallest absolute Gasteiger partial charge is 0.319 e. The molecule has 0 fully saturated rings. The lowest BCUT2D eigenvalue weighted by atomic mass is 9.87. The van der Waals surface area contributed by atoms with Crippen molar-refractivity contribution in [2.45, 2.75) is 46.6 Å². The van der Waals surface area contributed by atoms with Crippen molar-refractivity contribution in [2.75, 3.05) is 5.32 Å². The average molecular weight is 292 g/mol. The van der Waals surface area contributed by atoms with E-state index in [2.05, 4.69) is 10.6 Å². The minimum atomic E-state index is -0.917. The summed E-state index contributed by atoms with van der Waals surface area (Å²) in [6.07, 6.45) is 0.513. The highest BCUT2D eigenvalue weighted by Gasteiger charge is 2.22. The van der Waals surface area contributed by atoms with Gasteiger partial charge in [-0.15, -0.1) is 0 Å². The van der Waals surface area contributed by atoms with E-state index in [1.807, 2.05) is 45.9 Å². The zero-order valence-corrected chi connectivity index (χ0v) is 13.1. The first-order valence-electron chi connectivity index (χ1n) is 7.02. The standard InChI is InChI=1S/C16H24N2O3/c1-11-6-5-7-12(8-11)17-15(21)18-13(9-14(19)20)10-16(2,3)4/h5-8,13H,9-10H2,1-4H3,(H,19,20)(H2,17,18,21). The van der Waals surface area contributed by atoms with Gasteiger partial charge in [0.25, 0.3) is 0 Å². The molecule has 116 valence electrons. The van der Waals surface area contributed by atoms with Crippen molar-refractivity contribution in [3.8, 4) is 0 Å². The van der Waals surface area contributed by atoms with Crippen LogP contribution < -0.4 is 10.6 Å². The summed E-state index contributed by atoms with van der Waals surface area (Å²) in [5.41, 5.74) is 1.68. The molecule has 1 rings (SSSR count). The normalized spacial score (nSPS) is 12.6. The second-order valence-corrected chi connectivity index (χ2v) is 6.53. The van der Waals surface area contributed by atoms with Crippen LogP contribution in [0.25, 0.3) is 0 Å². The first-order chi connectivity index (χ1) is 9.65. The highest BCUT2D eigenvalue weighted by atomic mass is 16.4. The molecule has 1 aromatic rings. The van der Waals surface area contributed by atoms with E-state index in [9.17, 15) is 9.59 Å². The molecule has 0 spiro atoms. The number of carboxylic acids is 1. The maximum atomic E-state index is 12.0. The van der Waals surface area contributed by atoms with Crippen LogP contribution in [0.2, 0.25) is 0 Å². The highest BCUT2D eigenvalue weighted by molar-refractivity contribution is 5.89. The molecule has 1 atom stereocenters. The topological polar surface area (TPSA) is 78.4 Å². The van der Waals surface area contributed by atoms with E-state index in [-0.39, 0.29) is 17.9 Å². The van der Waals surface area contributed by atoms with E-state index in [1.165, 1.54) is 0 Å². The third kappa shape index (κ3) is 7.34. The quantitative estimate of drug-likeness (QED) is 0.778. The molecule has 1 unspecified atom stereocenters. The predicted molar refractivity (Wildman–Crippen MR) is 83.4 cm³/mol. The third-order valence-corrected chi connectivity index (χ3v) is 2.89. The zero-order valence-electron chi connectivity index (χ0n) is 13.1. The molecule has 0 heterocycles. The molecule has 5 nitrogen and oxygen atoms in total. The van der Waals surface area contributed by atoms with Crippen molar-refractivity contribution in [1.82, 2.24) is 5.32 Å². The van der Waals surface area contributed by atoms with Gasteiger partial charge in [0.1, 0.15) is 0 Å². The van der Waals surface area contributed by atoms with Gasteiger partial charge in [0.2, 0.25) is 0 Å². The summed E-state index contributed by atoms with van der Waals surface area (Å²) in [5, 5.41) is 14.4. The third-order valence-electron chi connectivity index (χ3n) is 2.89. The van der Waals surface area contributed by atoms with Gasteiger partial charge in [-0.1, -0.05) is 32.9 Å². The van der Waals surface area contributed by atoms with Gasteiger partial charge in [0, 0.05) is 11.7 Å². The van der Waals surface area contributed by atoms with E-state index in [1.54, 1.807) is 6.07 Å². The molecule has 0 saturated carbocycles. The fourth-order valence-corrected chi connectivity index (χ4v) is 2.20. The van der Waals surface area contributed by atoms with Gasteiger partial charge < -0.3 is 15.7 Å². The van der Waals surface area contributed by atoms with Crippen molar-refractivity contribution in [2.24, 2.45) is 5.41 Å². The molecule has 5 heteroatoms. The molecule has 0 bridgehead atoms. The number of amides is 2. The lowest BCUT2D eigenvalue weighted by Gasteiger charge is -2.25. The summed E-state index contributed by atoms with van der Waals surface area (Å²) in [4.78, 5) is 22.9. The Morgan fingerprint density at radius 2 is 1.95 bits per heavy atom. The first-order valence-corrected chi connectivity index (χ1v) is 7.02. The molecule has 3 N–H and O–H groups in total. The van der Waals surface area contributed by atoms with Crippen LogP contribution in [0.3, 0.4) is 0 Å². The van der Waals surface area contributed by atoms with Crippen molar-refractivity contribution in [3.05, 3.63) is 29.8 Å². The highest BCUT2D eigenvalue weighted by Crippen LogP contribution is 2.22. The monoisotopic (exact) mass is 292 g/mol. The largest absolute Gasteiger partial charge is 0.481 e. The minimum absolute atomic E-state index is 0.0588. The number of benzene rings is 1. The number of hydrogen-bond donors (Lipinski definition) is 3. The van der Waals surface area contributed by atoms with Crippen LogP contribution in [-0.2, 0) is 4.79 Å². The maximum absolute atomic E-state index is 12.0. The number of carbonyl (C=O) groups excluding carboxylic acids is 1. The number of urea groups is 1. The van der Waals surface area contributed by atoms with Crippen LogP contribution in [-0.4, -0.2) is 23.1 Å². The molecular formula is C16H24N2O3. The second-order valence-electron chi connectivity index (χ2n) is 6.53. The Labute approximate surface area is 125 Å². The first kappa shape index (κ1) is 17.0. The summed E-state index contributed by atoms with van der Waals surface area (Å²) in [6, 6.07) is 6.67. The fourth-order valence-electron chi connectivity index (χ4n) is 2.20. The molecular weight excluding hydrogens is 268 g/mol. The molecule has 21 heavy (non-hydrogen) atoms. The van der Waals surface area contributed by atoms with Crippen LogP contribution in [0.5, 0.6) is 0 Å². The second kappa shape index (κ2) is 7.11. The van der Waals surface area contributed by atoms with E-state index < -0.39 is 12.0 Å². The Morgan fingerprint density at radius 3 is 2.48 bits per heavy atom. The molecule has 2 amide bonds. The van der Waals surface area contributed by atoms with Crippen molar-refractivity contribution in [1.29, 1.82) is 0 Å². The van der Waals surface area contributed by atoms with E-state index in [0.717, 1.165) is 5.56 Å². The molecule has 0 aromatic heterocycles. The fraction of sp³-hybridized carbons (Fsp3) is 0.500. The van der Waals surface area contributed by atoms with Crippen LogP contribution in [0.15, 0.2) is 24.3 Å². The lowest BCUT2D eigenvalue weighted by molar-refractivity contribution is -0.137.